The van der Waals surface area contributed by atoms with Crippen LogP contribution in [0.15, 0.2) is 0 Å². The van der Waals surface area contributed by atoms with Crippen LogP contribution in [0.1, 0.15) is 26.2 Å². The van der Waals surface area contributed by atoms with Crippen molar-refractivity contribution in [2.75, 3.05) is 14.2 Å². The maximum Gasteiger partial charge on any atom is 0.186 e. The summed E-state index contributed by atoms with van der Waals surface area (Å²) in [7, 11) is 2.93. The molecule has 14 heavy (non-hydrogen) atoms. The summed E-state index contributed by atoms with van der Waals surface area (Å²) in [6.07, 6.45) is 1.64. The number of nitriles is 1. The fourth-order valence-electron chi connectivity index (χ4n) is 2.04. The number of hydrogen-bond donors (Lipinski definition) is 1. The van der Waals surface area contributed by atoms with Crippen molar-refractivity contribution >= 4 is 0 Å². The van der Waals surface area contributed by atoms with Gasteiger partial charge in [0.25, 0.3) is 0 Å². The Bertz CT molecular complexity index is 236. The molecular formula is C10H17NO3. The summed E-state index contributed by atoms with van der Waals surface area (Å²) in [5.74, 6) is 0. The normalized spacial score (nSPS) is 23.7. The van der Waals surface area contributed by atoms with E-state index in [0.717, 1.165) is 6.42 Å². The van der Waals surface area contributed by atoms with Gasteiger partial charge in [-0.15, -0.1) is 0 Å². The summed E-state index contributed by atoms with van der Waals surface area (Å²) in [6, 6.07) is 2.19. The van der Waals surface area contributed by atoms with Gasteiger partial charge in [0, 0.05) is 14.2 Å². The monoisotopic (exact) mass is 199 g/mol. The molecule has 0 amide bonds. The van der Waals surface area contributed by atoms with Gasteiger partial charge in [0.15, 0.2) is 6.29 Å². The quantitative estimate of drug-likeness (QED) is 0.687. The molecule has 1 atom stereocenters. The Balaban J connectivity index is 2.87. The lowest BCUT2D eigenvalue weighted by atomic mass is 9.60. The van der Waals surface area contributed by atoms with E-state index in [2.05, 4.69) is 6.07 Å². The van der Waals surface area contributed by atoms with Gasteiger partial charge in [-0.2, -0.15) is 5.26 Å². The molecule has 1 N–H and O–H groups in total. The van der Waals surface area contributed by atoms with Crippen LogP contribution in [0.5, 0.6) is 0 Å². The molecule has 1 fully saturated rings. The molecule has 0 saturated heterocycles. The van der Waals surface area contributed by atoms with Crippen LogP contribution in [0, 0.1) is 16.7 Å². The van der Waals surface area contributed by atoms with Gasteiger partial charge in [-0.3, -0.25) is 0 Å². The molecule has 0 aromatic carbocycles. The molecule has 80 valence electrons. The third kappa shape index (κ3) is 1.42. The number of nitrogens with zero attached hydrogens (tertiary/aromatic N) is 1. The Labute approximate surface area is 84.4 Å². The minimum atomic E-state index is -1.25. The van der Waals surface area contributed by atoms with E-state index in [-0.39, 0.29) is 0 Å². The molecule has 1 aliphatic carbocycles. The first-order valence-electron chi connectivity index (χ1n) is 4.73. The molecule has 0 aliphatic heterocycles. The van der Waals surface area contributed by atoms with E-state index in [0.29, 0.717) is 12.8 Å². The minimum Gasteiger partial charge on any atom is -0.383 e. The molecule has 0 heterocycles. The van der Waals surface area contributed by atoms with E-state index in [1.165, 1.54) is 14.2 Å². The van der Waals surface area contributed by atoms with Crippen LogP contribution in [0.4, 0.5) is 0 Å². The molecule has 1 rings (SSSR count). The summed E-state index contributed by atoms with van der Waals surface area (Å²) in [6.45, 7) is 1.60. The van der Waals surface area contributed by atoms with Crippen LogP contribution in [0.3, 0.4) is 0 Å². The minimum absolute atomic E-state index is 0.705. The van der Waals surface area contributed by atoms with Crippen molar-refractivity contribution in [1.29, 1.82) is 5.26 Å². The zero-order chi connectivity index (χ0) is 10.8. The number of ether oxygens (including phenoxy) is 2. The maximum atomic E-state index is 10.3. The van der Waals surface area contributed by atoms with Crippen molar-refractivity contribution in [2.45, 2.75) is 38.1 Å². The third-order valence-electron chi connectivity index (χ3n) is 3.28. The lowest BCUT2D eigenvalue weighted by Crippen LogP contribution is -2.58. The number of hydrogen-bond acceptors (Lipinski definition) is 4. The lowest BCUT2D eigenvalue weighted by Gasteiger charge is -2.48. The number of aliphatic hydroxyl groups is 1. The second-order valence-corrected chi connectivity index (χ2v) is 4.00. The van der Waals surface area contributed by atoms with Gasteiger partial charge < -0.3 is 14.6 Å². The third-order valence-corrected chi connectivity index (χ3v) is 3.28. The van der Waals surface area contributed by atoms with Crippen LogP contribution in [-0.2, 0) is 9.47 Å². The zero-order valence-corrected chi connectivity index (χ0v) is 8.91. The smallest absolute Gasteiger partial charge is 0.186 e. The van der Waals surface area contributed by atoms with Crippen LogP contribution < -0.4 is 0 Å². The van der Waals surface area contributed by atoms with Crippen LogP contribution in [0.2, 0.25) is 0 Å². The zero-order valence-electron chi connectivity index (χ0n) is 8.91. The number of methoxy groups -OCH3 is 2. The Hall–Kier alpha value is -0.630. The van der Waals surface area contributed by atoms with Gasteiger partial charge in [0.1, 0.15) is 5.60 Å². The van der Waals surface area contributed by atoms with Gasteiger partial charge in [-0.1, -0.05) is 6.42 Å². The van der Waals surface area contributed by atoms with Crippen LogP contribution in [0.25, 0.3) is 0 Å². The van der Waals surface area contributed by atoms with E-state index in [1.54, 1.807) is 6.92 Å². The van der Waals surface area contributed by atoms with Crippen LogP contribution in [-0.4, -0.2) is 31.2 Å². The van der Waals surface area contributed by atoms with Crippen molar-refractivity contribution in [3.63, 3.8) is 0 Å². The average Bonchev–Trinajstić information content (AvgIpc) is 2.04. The Kier molecular flexibility index (Phi) is 3.15. The first-order valence-corrected chi connectivity index (χ1v) is 4.73. The summed E-state index contributed by atoms with van der Waals surface area (Å²) in [5, 5.41) is 19.4. The molecule has 1 aliphatic rings. The van der Waals surface area contributed by atoms with Crippen molar-refractivity contribution < 1.29 is 14.6 Å². The summed E-state index contributed by atoms with van der Waals surface area (Å²) in [4.78, 5) is 0. The number of rotatable bonds is 4. The van der Waals surface area contributed by atoms with E-state index in [4.69, 9.17) is 14.7 Å². The van der Waals surface area contributed by atoms with E-state index >= 15 is 0 Å². The fraction of sp³-hybridized carbons (Fsp3) is 0.900. The van der Waals surface area contributed by atoms with E-state index < -0.39 is 17.3 Å². The van der Waals surface area contributed by atoms with Gasteiger partial charge >= 0.3 is 0 Å². The van der Waals surface area contributed by atoms with Crippen LogP contribution >= 0.6 is 0 Å². The molecule has 4 nitrogen and oxygen atoms in total. The maximum absolute atomic E-state index is 10.3. The highest BCUT2D eigenvalue weighted by Crippen LogP contribution is 2.50. The fourth-order valence-corrected chi connectivity index (χ4v) is 2.04. The molecule has 1 saturated carbocycles. The SMILES string of the molecule is COC(OC)C(C)(O)C1(C#N)CCC1. The van der Waals surface area contributed by atoms with Crippen molar-refractivity contribution in [1.82, 2.24) is 0 Å². The van der Waals surface area contributed by atoms with E-state index in [1.807, 2.05) is 0 Å². The van der Waals surface area contributed by atoms with Gasteiger partial charge in [0.2, 0.25) is 0 Å². The lowest BCUT2D eigenvalue weighted by molar-refractivity contribution is -0.252. The largest absolute Gasteiger partial charge is 0.383 e. The molecule has 0 aromatic rings. The molecule has 1 unspecified atom stereocenters. The van der Waals surface area contributed by atoms with Gasteiger partial charge in [-0.05, 0) is 19.8 Å². The van der Waals surface area contributed by atoms with Crippen molar-refractivity contribution in [3.8, 4) is 6.07 Å². The average molecular weight is 199 g/mol. The second kappa shape index (κ2) is 3.85. The highest BCUT2D eigenvalue weighted by Gasteiger charge is 2.56. The first kappa shape index (κ1) is 11.4. The van der Waals surface area contributed by atoms with E-state index in [9.17, 15) is 5.11 Å². The summed E-state index contributed by atoms with van der Waals surface area (Å²) >= 11 is 0. The van der Waals surface area contributed by atoms with Crippen molar-refractivity contribution in [2.24, 2.45) is 5.41 Å². The molecule has 0 bridgehead atoms. The predicted molar refractivity (Wildman–Crippen MR) is 50.3 cm³/mol. The van der Waals surface area contributed by atoms with Gasteiger partial charge in [-0.25, -0.2) is 0 Å². The molecule has 4 heteroatoms. The summed E-state index contributed by atoms with van der Waals surface area (Å²) in [5.41, 5.74) is -1.95. The highest BCUT2D eigenvalue weighted by molar-refractivity contribution is 5.15. The highest BCUT2D eigenvalue weighted by atomic mass is 16.7. The Morgan fingerprint density at radius 2 is 1.93 bits per heavy atom. The first-order chi connectivity index (χ1) is 6.54. The molecule has 0 spiro atoms. The second-order valence-electron chi connectivity index (χ2n) is 4.00. The Morgan fingerprint density at radius 3 is 2.14 bits per heavy atom. The predicted octanol–water partition coefficient (Wildman–Crippen LogP) is 1.05. The molecular weight excluding hydrogens is 182 g/mol. The van der Waals surface area contributed by atoms with Crippen molar-refractivity contribution in [3.05, 3.63) is 0 Å². The molecule has 0 aromatic heterocycles. The Morgan fingerprint density at radius 1 is 1.43 bits per heavy atom. The standard InChI is InChI=1S/C10H17NO3/c1-9(12,8(13-2)14-3)10(7-11)5-4-6-10/h8,12H,4-6H2,1-3H3. The molecule has 0 radical (unpaired) electrons. The van der Waals surface area contributed by atoms with Gasteiger partial charge in [0.05, 0.1) is 11.5 Å². The topological polar surface area (TPSA) is 62.5 Å². The summed E-state index contributed by atoms with van der Waals surface area (Å²) < 4.78 is 10.0.